The fourth-order valence-corrected chi connectivity index (χ4v) is 0.685. The van der Waals surface area contributed by atoms with Gasteiger partial charge in [-0.25, -0.2) is 0 Å². The van der Waals surface area contributed by atoms with E-state index in [1.807, 2.05) is 0 Å². The van der Waals surface area contributed by atoms with Crippen molar-refractivity contribution in [2.45, 2.75) is 0 Å². The van der Waals surface area contributed by atoms with Crippen LogP contribution in [0.3, 0.4) is 0 Å². The molecule has 0 atom stereocenters. The summed E-state index contributed by atoms with van der Waals surface area (Å²) in [5.41, 5.74) is 0.710. The standard InChI is InChI=1S/C6H7N3O2/c1-8-6(2-4-7-8)3-5-9(10)11/h2-5H,1H3/b5-3+. The molecule has 0 spiro atoms. The first-order valence-corrected chi connectivity index (χ1v) is 3.00. The first-order chi connectivity index (χ1) is 5.20. The van der Waals surface area contributed by atoms with Gasteiger partial charge in [0.25, 0.3) is 0 Å². The van der Waals surface area contributed by atoms with Crippen molar-refractivity contribution < 1.29 is 4.92 Å². The van der Waals surface area contributed by atoms with Crippen LogP contribution in [0.2, 0.25) is 0 Å². The molecule has 1 rings (SSSR count). The van der Waals surface area contributed by atoms with E-state index in [1.165, 1.54) is 6.08 Å². The summed E-state index contributed by atoms with van der Waals surface area (Å²) in [7, 11) is 1.72. The van der Waals surface area contributed by atoms with Gasteiger partial charge in [-0.2, -0.15) is 5.10 Å². The Labute approximate surface area is 63.1 Å². The van der Waals surface area contributed by atoms with E-state index < -0.39 is 4.92 Å². The number of nitrogens with zero attached hydrogens (tertiary/aromatic N) is 3. The molecule has 5 heteroatoms. The normalized spacial score (nSPS) is 10.6. The summed E-state index contributed by atoms with van der Waals surface area (Å²) in [6.07, 6.45) is 3.86. The smallest absolute Gasteiger partial charge is 0.236 e. The Hall–Kier alpha value is -1.65. The third-order valence-electron chi connectivity index (χ3n) is 1.23. The quantitative estimate of drug-likeness (QED) is 0.463. The lowest BCUT2D eigenvalue weighted by molar-refractivity contribution is -0.401. The molecule has 0 N–H and O–H groups in total. The van der Waals surface area contributed by atoms with E-state index in [1.54, 1.807) is 24.0 Å². The summed E-state index contributed by atoms with van der Waals surface area (Å²) in [6.45, 7) is 0. The highest BCUT2D eigenvalue weighted by atomic mass is 16.6. The van der Waals surface area contributed by atoms with Crippen molar-refractivity contribution in [3.63, 3.8) is 0 Å². The lowest BCUT2D eigenvalue weighted by Gasteiger charge is -1.89. The Kier molecular flexibility index (Phi) is 2.00. The molecule has 0 radical (unpaired) electrons. The lowest BCUT2D eigenvalue weighted by Crippen LogP contribution is -1.92. The molecule has 1 aromatic heterocycles. The number of hydrogen-bond donors (Lipinski definition) is 0. The van der Waals surface area contributed by atoms with E-state index in [-0.39, 0.29) is 0 Å². The summed E-state index contributed by atoms with van der Waals surface area (Å²) in [4.78, 5) is 9.39. The SMILES string of the molecule is Cn1nccc1/C=C/[N+](=O)[O-]. The average molecular weight is 153 g/mol. The highest BCUT2D eigenvalue weighted by Gasteiger charge is 1.93. The Morgan fingerprint density at radius 3 is 3.00 bits per heavy atom. The van der Waals surface area contributed by atoms with Gasteiger partial charge in [-0.1, -0.05) is 0 Å². The summed E-state index contributed by atoms with van der Waals surface area (Å²) in [5, 5.41) is 13.7. The van der Waals surface area contributed by atoms with Gasteiger partial charge in [0.15, 0.2) is 0 Å². The number of aryl methyl sites for hydroxylation is 1. The van der Waals surface area contributed by atoms with E-state index >= 15 is 0 Å². The molecule has 0 aliphatic rings. The topological polar surface area (TPSA) is 61.0 Å². The highest BCUT2D eigenvalue weighted by Crippen LogP contribution is 1.98. The van der Waals surface area contributed by atoms with Crippen LogP contribution in [0.15, 0.2) is 18.5 Å². The molecular formula is C6H7N3O2. The van der Waals surface area contributed by atoms with Crippen molar-refractivity contribution in [1.29, 1.82) is 0 Å². The fourth-order valence-electron chi connectivity index (χ4n) is 0.685. The summed E-state index contributed by atoms with van der Waals surface area (Å²) in [6, 6.07) is 1.69. The zero-order valence-corrected chi connectivity index (χ0v) is 5.97. The first-order valence-electron chi connectivity index (χ1n) is 3.00. The van der Waals surface area contributed by atoms with Crippen LogP contribution < -0.4 is 0 Å². The molecule has 0 fully saturated rings. The van der Waals surface area contributed by atoms with E-state index in [9.17, 15) is 10.1 Å². The van der Waals surface area contributed by atoms with Crippen molar-refractivity contribution in [3.05, 3.63) is 34.3 Å². The molecular weight excluding hydrogens is 146 g/mol. The molecule has 5 nitrogen and oxygen atoms in total. The van der Waals surface area contributed by atoms with E-state index in [0.29, 0.717) is 5.69 Å². The molecule has 0 amide bonds. The lowest BCUT2D eigenvalue weighted by atomic mass is 10.4. The second-order valence-corrected chi connectivity index (χ2v) is 1.98. The molecule has 11 heavy (non-hydrogen) atoms. The van der Waals surface area contributed by atoms with Crippen LogP contribution in [-0.4, -0.2) is 14.7 Å². The molecule has 0 aromatic carbocycles. The van der Waals surface area contributed by atoms with Crippen molar-refractivity contribution in [1.82, 2.24) is 9.78 Å². The Morgan fingerprint density at radius 1 is 1.82 bits per heavy atom. The van der Waals surface area contributed by atoms with Crippen molar-refractivity contribution >= 4 is 6.08 Å². The third-order valence-corrected chi connectivity index (χ3v) is 1.23. The fraction of sp³-hybridized carbons (Fsp3) is 0.167. The van der Waals surface area contributed by atoms with Gasteiger partial charge in [-0.3, -0.25) is 14.8 Å². The van der Waals surface area contributed by atoms with E-state index in [4.69, 9.17) is 0 Å². The maximum atomic E-state index is 9.89. The van der Waals surface area contributed by atoms with Gasteiger partial charge in [0, 0.05) is 19.3 Å². The van der Waals surface area contributed by atoms with Gasteiger partial charge in [0.2, 0.25) is 6.20 Å². The molecule has 0 saturated carbocycles. The van der Waals surface area contributed by atoms with Crippen LogP contribution in [0, 0.1) is 10.1 Å². The molecule has 58 valence electrons. The minimum absolute atomic E-state index is 0.507. The molecule has 0 saturated heterocycles. The Morgan fingerprint density at radius 2 is 2.55 bits per heavy atom. The second kappa shape index (κ2) is 2.96. The summed E-state index contributed by atoms with van der Waals surface area (Å²) >= 11 is 0. The van der Waals surface area contributed by atoms with Crippen LogP contribution in [-0.2, 0) is 7.05 Å². The van der Waals surface area contributed by atoms with Gasteiger partial charge in [-0.15, -0.1) is 0 Å². The van der Waals surface area contributed by atoms with Crippen LogP contribution in [0.25, 0.3) is 6.08 Å². The predicted molar refractivity (Wildman–Crippen MR) is 39.2 cm³/mol. The number of nitro groups is 1. The molecule has 1 aromatic rings. The summed E-state index contributed by atoms with van der Waals surface area (Å²) in [5.74, 6) is 0. The number of rotatable bonds is 2. The van der Waals surface area contributed by atoms with Crippen LogP contribution in [0.4, 0.5) is 0 Å². The van der Waals surface area contributed by atoms with E-state index in [0.717, 1.165) is 6.20 Å². The molecule has 1 heterocycles. The maximum Gasteiger partial charge on any atom is 0.236 e. The third kappa shape index (κ3) is 1.89. The van der Waals surface area contributed by atoms with Crippen molar-refractivity contribution in [3.8, 4) is 0 Å². The average Bonchev–Trinajstić information content (AvgIpc) is 2.31. The largest absolute Gasteiger partial charge is 0.268 e. The van der Waals surface area contributed by atoms with E-state index in [2.05, 4.69) is 5.10 Å². The predicted octanol–water partition coefficient (Wildman–Crippen LogP) is 0.667. The van der Waals surface area contributed by atoms with Crippen molar-refractivity contribution in [2.75, 3.05) is 0 Å². The zero-order valence-electron chi connectivity index (χ0n) is 5.97. The minimum Gasteiger partial charge on any atom is -0.268 e. The van der Waals surface area contributed by atoms with Gasteiger partial charge < -0.3 is 0 Å². The van der Waals surface area contributed by atoms with Crippen LogP contribution in [0.1, 0.15) is 5.69 Å². The molecule has 0 aliphatic carbocycles. The summed E-state index contributed by atoms with van der Waals surface area (Å²) < 4.78 is 1.56. The minimum atomic E-state index is -0.507. The van der Waals surface area contributed by atoms with Crippen molar-refractivity contribution in [2.24, 2.45) is 7.05 Å². The molecule has 0 bridgehead atoms. The maximum absolute atomic E-state index is 9.89. The van der Waals surface area contributed by atoms with Gasteiger partial charge in [0.05, 0.1) is 10.6 Å². The highest BCUT2D eigenvalue weighted by molar-refractivity contribution is 5.42. The van der Waals surface area contributed by atoms with Gasteiger partial charge >= 0.3 is 0 Å². The number of hydrogen-bond acceptors (Lipinski definition) is 3. The Bertz CT molecular complexity index is 290. The Balaban J connectivity index is 2.79. The van der Waals surface area contributed by atoms with Gasteiger partial charge in [-0.05, 0) is 6.07 Å². The zero-order chi connectivity index (χ0) is 8.27. The van der Waals surface area contributed by atoms with Crippen LogP contribution in [0.5, 0.6) is 0 Å². The number of aromatic nitrogens is 2. The molecule has 0 aliphatic heterocycles. The molecule has 0 unspecified atom stereocenters. The van der Waals surface area contributed by atoms with Gasteiger partial charge in [0.1, 0.15) is 0 Å². The first kappa shape index (κ1) is 7.46. The second-order valence-electron chi connectivity index (χ2n) is 1.98. The monoisotopic (exact) mass is 153 g/mol. The van der Waals surface area contributed by atoms with Crippen LogP contribution >= 0.6 is 0 Å².